The van der Waals surface area contributed by atoms with Crippen molar-refractivity contribution in [2.75, 3.05) is 25.1 Å². The predicted octanol–water partition coefficient (Wildman–Crippen LogP) is 4.21. The third-order valence-corrected chi connectivity index (χ3v) is 4.02. The molecule has 1 unspecified atom stereocenters. The van der Waals surface area contributed by atoms with Gasteiger partial charge in [0.05, 0.1) is 25.4 Å². The summed E-state index contributed by atoms with van der Waals surface area (Å²) in [5.41, 5.74) is 3.46. The highest BCUT2D eigenvalue weighted by Gasteiger charge is 2.20. The summed E-state index contributed by atoms with van der Waals surface area (Å²) >= 11 is 0. The Balaban J connectivity index is 1.73. The van der Waals surface area contributed by atoms with E-state index in [4.69, 9.17) is 14.2 Å². The van der Waals surface area contributed by atoms with Gasteiger partial charge in [-0.25, -0.2) is 0 Å². The maximum atomic E-state index is 6.16. The number of aryl methyl sites for hydroxylation is 1. The number of hydrogen-bond acceptors (Lipinski definition) is 4. The summed E-state index contributed by atoms with van der Waals surface area (Å²) in [6.07, 6.45) is 0.930. The molecule has 4 nitrogen and oxygen atoms in total. The third-order valence-electron chi connectivity index (χ3n) is 4.02. The minimum Gasteiger partial charge on any atom is -0.490 e. The Kier molecular flexibility index (Phi) is 5.14. The Morgan fingerprint density at radius 2 is 1.83 bits per heavy atom. The summed E-state index contributed by atoms with van der Waals surface area (Å²) < 4.78 is 17.5. The van der Waals surface area contributed by atoms with Gasteiger partial charge in [0.1, 0.15) is 11.9 Å². The van der Waals surface area contributed by atoms with Crippen molar-refractivity contribution in [3.63, 3.8) is 0 Å². The summed E-state index contributed by atoms with van der Waals surface area (Å²) in [5, 5.41) is 3.45. The number of fused-ring (bicyclic) bond motifs is 1. The molecule has 1 aliphatic heterocycles. The fourth-order valence-corrected chi connectivity index (χ4v) is 2.92. The number of anilines is 1. The maximum Gasteiger partial charge on any atom is 0.161 e. The van der Waals surface area contributed by atoms with E-state index in [-0.39, 0.29) is 6.10 Å². The second-order valence-corrected chi connectivity index (χ2v) is 5.97. The van der Waals surface area contributed by atoms with Gasteiger partial charge in [0, 0.05) is 6.42 Å². The van der Waals surface area contributed by atoms with E-state index in [1.807, 2.05) is 19.9 Å². The van der Waals surface area contributed by atoms with Crippen molar-refractivity contribution in [2.24, 2.45) is 0 Å². The monoisotopic (exact) mass is 327 g/mol. The second kappa shape index (κ2) is 7.47. The molecule has 1 heterocycles. The van der Waals surface area contributed by atoms with Crippen LogP contribution in [0.4, 0.5) is 5.69 Å². The van der Waals surface area contributed by atoms with Gasteiger partial charge in [0.2, 0.25) is 0 Å². The molecular weight excluding hydrogens is 302 g/mol. The van der Waals surface area contributed by atoms with Crippen LogP contribution in [0.3, 0.4) is 0 Å². The van der Waals surface area contributed by atoms with Crippen molar-refractivity contribution in [3.8, 4) is 17.2 Å². The van der Waals surface area contributed by atoms with Crippen molar-refractivity contribution < 1.29 is 14.2 Å². The highest BCUT2D eigenvalue weighted by atomic mass is 16.5. The van der Waals surface area contributed by atoms with E-state index in [2.05, 4.69) is 42.6 Å². The molecule has 4 heteroatoms. The van der Waals surface area contributed by atoms with Gasteiger partial charge in [0.25, 0.3) is 0 Å². The lowest BCUT2D eigenvalue weighted by Crippen LogP contribution is -2.32. The Bertz CT molecular complexity index is 699. The number of rotatable bonds is 6. The van der Waals surface area contributed by atoms with E-state index in [1.165, 1.54) is 11.1 Å². The van der Waals surface area contributed by atoms with Gasteiger partial charge in [-0.15, -0.1) is 0 Å². The summed E-state index contributed by atoms with van der Waals surface area (Å²) in [6, 6.07) is 12.4. The fourth-order valence-electron chi connectivity index (χ4n) is 2.92. The van der Waals surface area contributed by atoms with Gasteiger partial charge < -0.3 is 19.5 Å². The molecule has 0 saturated carbocycles. The molecule has 2 aromatic rings. The largest absolute Gasteiger partial charge is 0.490 e. The van der Waals surface area contributed by atoms with E-state index in [0.29, 0.717) is 13.2 Å². The molecule has 1 aliphatic rings. The van der Waals surface area contributed by atoms with E-state index >= 15 is 0 Å². The van der Waals surface area contributed by atoms with E-state index in [1.54, 1.807) is 0 Å². The minimum absolute atomic E-state index is 0.103. The summed E-state index contributed by atoms with van der Waals surface area (Å²) in [7, 11) is 0. The number of nitrogens with one attached hydrogen (secondary N) is 1. The first kappa shape index (κ1) is 16.5. The molecule has 0 aliphatic carbocycles. The van der Waals surface area contributed by atoms with E-state index in [9.17, 15) is 0 Å². The standard InChI is InChI=1S/C20H25NO3/c1-4-22-18-9-7-15(12-20(18)23-5-2)11-16-13-21-17-8-6-14(3)10-19(17)24-16/h6-10,12,16,21H,4-5,11,13H2,1-3H3. The van der Waals surface area contributed by atoms with Crippen molar-refractivity contribution in [3.05, 3.63) is 47.5 Å². The van der Waals surface area contributed by atoms with E-state index in [0.717, 1.165) is 35.9 Å². The highest BCUT2D eigenvalue weighted by Crippen LogP contribution is 2.32. The van der Waals surface area contributed by atoms with Gasteiger partial charge in [-0.05, 0) is 56.2 Å². The molecule has 2 aromatic carbocycles. The van der Waals surface area contributed by atoms with Crippen LogP contribution in [0, 0.1) is 6.92 Å². The van der Waals surface area contributed by atoms with Crippen LogP contribution >= 0.6 is 0 Å². The van der Waals surface area contributed by atoms with Gasteiger partial charge in [0.15, 0.2) is 11.5 Å². The molecule has 0 spiro atoms. The summed E-state index contributed by atoms with van der Waals surface area (Å²) in [6.45, 7) is 8.09. The zero-order chi connectivity index (χ0) is 16.9. The molecule has 0 aromatic heterocycles. The first-order valence-electron chi connectivity index (χ1n) is 8.59. The van der Waals surface area contributed by atoms with Gasteiger partial charge in [-0.1, -0.05) is 12.1 Å². The average molecular weight is 327 g/mol. The summed E-state index contributed by atoms with van der Waals surface area (Å²) in [5.74, 6) is 2.53. The highest BCUT2D eigenvalue weighted by molar-refractivity contribution is 5.59. The maximum absolute atomic E-state index is 6.16. The molecule has 1 atom stereocenters. The third kappa shape index (κ3) is 3.75. The zero-order valence-corrected chi connectivity index (χ0v) is 14.6. The number of benzene rings is 2. The smallest absolute Gasteiger partial charge is 0.161 e. The molecule has 1 N–H and O–H groups in total. The second-order valence-electron chi connectivity index (χ2n) is 5.97. The Labute approximate surface area is 143 Å². The molecule has 0 fully saturated rings. The first-order valence-corrected chi connectivity index (χ1v) is 8.59. The molecule has 128 valence electrons. The van der Waals surface area contributed by atoms with Crippen LogP contribution in [0.1, 0.15) is 25.0 Å². The first-order chi connectivity index (χ1) is 11.7. The van der Waals surface area contributed by atoms with Gasteiger partial charge >= 0.3 is 0 Å². The fraction of sp³-hybridized carbons (Fsp3) is 0.400. The van der Waals surface area contributed by atoms with Crippen molar-refractivity contribution in [1.82, 2.24) is 0 Å². The molecule has 0 amide bonds. The predicted molar refractivity (Wildman–Crippen MR) is 96.6 cm³/mol. The molecule has 0 saturated heterocycles. The average Bonchev–Trinajstić information content (AvgIpc) is 2.57. The minimum atomic E-state index is 0.103. The normalized spacial score (nSPS) is 15.9. The molecule has 0 radical (unpaired) electrons. The quantitative estimate of drug-likeness (QED) is 0.863. The van der Waals surface area contributed by atoms with Crippen molar-refractivity contribution >= 4 is 5.69 Å². The SMILES string of the molecule is CCOc1ccc(CC2CNc3ccc(C)cc3O2)cc1OCC. The molecule has 3 rings (SSSR count). The van der Waals surface area contributed by atoms with Gasteiger partial charge in [-0.2, -0.15) is 0 Å². The van der Waals surface area contributed by atoms with Crippen LogP contribution < -0.4 is 19.5 Å². The molecule has 0 bridgehead atoms. The topological polar surface area (TPSA) is 39.7 Å². The Hall–Kier alpha value is -2.36. The number of hydrogen-bond donors (Lipinski definition) is 1. The van der Waals surface area contributed by atoms with Crippen molar-refractivity contribution in [1.29, 1.82) is 0 Å². The van der Waals surface area contributed by atoms with Crippen LogP contribution in [0.25, 0.3) is 0 Å². The summed E-state index contributed by atoms with van der Waals surface area (Å²) in [4.78, 5) is 0. The lowest BCUT2D eigenvalue weighted by atomic mass is 10.1. The lowest BCUT2D eigenvalue weighted by Gasteiger charge is -2.28. The van der Waals surface area contributed by atoms with Gasteiger partial charge in [-0.3, -0.25) is 0 Å². The lowest BCUT2D eigenvalue weighted by molar-refractivity contribution is 0.206. The Morgan fingerprint density at radius 3 is 2.62 bits per heavy atom. The van der Waals surface area contributed by atoms with Crippen molar-refractivity contribution in [2.45, 2.75) is 33.3 Å². The van der Waals surface area contributed by atoms with Crippen LogP contribution in [-0.4, -0.2) is 25.9 Å². The molecular formula is C20H25NO3. The van der Waals surface area contributed by atoms with Crippen LogP contribution in [0.2, 0.25) is 0 Å². The number of ether oxygens (including phenoxy) is 3. The van der Waals surface area contributed by atoms with Crippen LogP contribution in [0.15, 0.2) is 36.4 Å². The zero-order valence-electron chi connectivity index (χ0n) is 14.6. The Morgan fingerprint density at radius 1 is 1.04 bits per heavy atom. The van der Waals surface area contributed by atoms with E-state index < -0.39 is 0 Å². The van der Waals surface area contributed by atoms with Crippen LogP contribution in [-0.2, 0) is 6.42 Å². The van der Waals surface area contributed by atoms with Crippen LogP contribution in [0.5, 0.6) is 17.2 Å². The molecule has 24 heavy (non-hydrogen) atoms.